The smallest absolute Gasteiger partial charge is 0.231 e. The van der Waals surface area contributed by atoms with Crippen molar-refractivity contribution in [2.24, 2.45) is 11.7 Å². The van der Waals surface area contributed by atoms with Crippen LogP contribution in [0.3, 0.4) is 0 Å². The molecule has 1 aromatic heterocycles. The molecule has 5 heteroatoms. The van der Waals surface area contributed by atoms with Crippen LogP contribution in [0.15, 0.2) is 33.3 Å². The van der Waals surface area contributed by atoms with Crippen molar-refractivity contribution in [3.8, 4) is 0 Å². The average molecular weight is 324 g/mol. The van der Waals surface area contributed by atoms with Crippen LogP contribution in [0, 0.1) is 5.92 Å². The van der Waals surface area contributed by atoms with Crippen molar-refractivity contribution < 1.29 is 4.52 Å². The minimum absolute atomic E-state index is 0.131. The van der Waals surface area contributed by atoms with E-state index in [0.29, 0.717) is 30.6 Å². The highest BCUT2D eigenvalue weighted by Crippen LogP contribution is 2.22. The Labute approximate surface area is 121 Å². The van der Waals surface area contributed by atoms with E-state index >= 15 is 0 Å². The van der Waals surface area contributed by atoms with Gasteiger partial charge in [-0.2, -0.15) is 4.98 Å². The second-order valence-electron chi connectivity index (χ2n) is 4.94. The molecule has 0 aliphatic heterocycles. The Morgan fingerprint density at radius 1 is 1.26 bits per heavy atom. The van der Waals surface area contributed by atoms with Crippen molar-refractivity contribution >= 4 is 15.9 Å². The highest BCUT2D eigenvalue weighted by Gasteiger charge is 2.20. The van der Waals surface area contributed by atoms with Gasteiger partial charge in [-0.15, -0.1) is 0 Å². The first-order valence-corrected chi connectivity index (χ1v) is 7.16. The first kappa shape index (κ1) is 14.2. The zero-order valence-corrected chi connectivity index (χ0v) is 12.7. The molecule has 0 saturated heterocycles. The van der Waals surface area contributed by atoms with E-state index in [9.17, 15) is 0 Å². The van der Waals surface area contributed by atoms with Crippen LogP contribution in [0.1, 0.15) is 37.0 Å². The number of rotatable bonds is 5. The maximum atomic E-state index is 5.75. The Hall–Kier alpha value is -1.20. The lowest BCUT2D eigenvalue weighted by Gasteiger charge is -2.13. The molecule has 0 aliphatic rings. The maximum Gasteiger partial charge on any atom is 0.231 e. The standard InChI is InChI=1S/C14H18BrN3O/c1-9(2)12(8-16)14-17-13(18-19-14)7-10-3-5-11(15)6-4-10/h3-6,9,12H,7-8,16H2,1-2H3. The Balaban J connectivity index is 2.10. The first-order valence-electron chi connectivity index (χ1n) is 6.37. The quantitative estimate of drug-likeness (QED) is 0.918. The monoisotopic (exact) mass is 323 g/mol. The highest BCUT2D eigenvalue weighted by molar-refractivity contribution is 9.10. The molecule has 0 aliphatic carbocycles. The van der Waals surface area contributed by atoms with Crippen molar-refractivity contribution in [1.82, 2.24) is 10.1 Å². The van der Waals surface area contributed by atoms with E-state index < -0.39 is 0 Å². The molecule has 2 aromatic rings. The molecule has 0 fully saturated rings. The Morgan fingerprint density at radius 2 is 1.95 bits per heavy atom. The van der Waals surface area contributed by atoms with Gasteiger partial charge in [0.15, 0.2) is 5.82 Å². The minimum atomic E-state index is 0.131. The topological polar surface area (TPSA) is 64.9 Å². The molecule has 102 valence electrons. The lowest BCUT2D eigenvalue weighted by molar-refractivity contribution is 0.322. The fourth-order valence-corrected chi connectivity index (χ4v) is 2.20. The summed E-state index contributed by atoms with van der Waals surface area (Å²) in [6, 6.07) is 8.10. The van der Waals surface area contributed by atoms with Crippen LogP contribution in [0.4, 0.5) is 0 Å². The van der Waals surface area contributed by atoms with Crippen LogP contribution in [-0.2, 0) is 6.42 Å². The molecule has 0 spiro atoms. The molecule has 1 atom stereocenters. The van der Waals surface area contributed by atoms with Gasteiger partial charge < -0.3 is 10.3 Å². The van der Waals surface area contributed by atoms with Crippen molar-refractivity contribution in [1.29, 1.82) is 0 Å². The predicted molar refractivity (Wildman–Crippen MR) is 77.9 cm³/mol. The van der Waals surface area contributed by atoms with Crippen LogP contribution in [-0.4, -0.2) is 16.7 Å². The number of halogens is 1. The zero-order valence-electron chi connectivity index (χ0n) is 11.1. The van der Waals surface area contributed by atoms with Crippen molar-refractivity contribution in [2.75, 3.05) is 6.54 Å². The van der Waals surface area contributed by atoms with Crippen LogP contribution in [0.5, 0.6) is 0 Å². The summed E-state index contributed by atoms with van der Waals surface area (Å²) in [6.45, 7) is 4.74. The van der Waals surface area contributed by atoms with Gasteiger partial charge in [0.25, 0.3) is 0 Å². The van der Waals surface area contributed by atoms with E-state index in [1.165, 1.54) is 0 Å². The third-order valence-electron chi connectivity index (χ3n) is 3.14. The van der Waals surface area contributed by atoms with Crippen LogP contribution >= 0.6 is 15.9 Å². The highest BCUT2D eigenvalue weighted by atomic mass is 79.9. The molecular weight excluding hydrogens is 306 g/mol. The predicted octanol–water partition coefficient (Wildman–Crippen LogP) is 3.12. The van der Waals surface area contributed by atoms with Gasteiger partial charge in [-0.05, 0) is 23.6 Å². The van der Waals surface area contributed by atoms with Crippen LogP contribution < -0.4 is 5.73 Å². The summed E-state index contributed by atoms with van der Waals surface area (Å²) in [4.78, 5) is 4.45. The molecular formula is C14H18BrN3O. The molecule has 0 saturated carbocycles. The molecule has 4 nitrogen and oxygen atoms in total. The normalized spacial score (nSPS) is 12.9. The molecule has 1 heterocycles. The van der Waals surface area contributed by atoms with Gasteiger partial charge >= 0.3 is 0 Å². The number of nitrogens with two attached hydrogens (primary N) is 1. The lowest BCUT2D eigenvalue weighted by atomic mass is 9.96. The second kappa shape index (κ2) is 6.30. The molecule has 19 heavy (non-hydrogen) atoms. The minimum Gasteiger partial charge on any atom is -0.339 e. The molecule has 1 aromatic carbocycles. The molecule has 2 N–H and O–H groups in total. The largest absolute Gasteiger partial charge is 0.339 e. The van der Waals surface area contributed by atoms with E-state index in [0.717, 1.165) is 10.0 Å². The maximum absolute atomic E-state index is 5.75. The van der Waals surface area contributed by atoms with Gasteiger partial charge in [0.05, 0.1) is 5.92 Å². The van der Waals surface area contributed by atoms with E-state index in [4.69, 9.17) is 10.3 Å². The Morgan fingerprint density at radius 3 is 2.53 bits per heavy atom. The number of aromatic nitrogens is 2. The van der Waals surface area contributed by atoms with Gasteiger partial charge in [0.2, 0.25) is 5.89 Å². The number of hydrogen-bond acceptors (Lipinski definition) is 4. The fourth-order valence-electron chi connectivity index (χ4n) is 1.93. The third kappa shape index (κ3) is 3.64. The van der Waals surface area contributed by atoms with Gasteiger partial charge in [0, 0.05) is 17.4 Å². The molecule has 0 amide bonds. The summed E-state index contributed by atoms with van der Waals surface area (Å²) in [6.07, 6.45) is 0.673. The van der Waals surface area contributed by atoms with E-state index in [1.54, 1.807) is 0 Å². The van der Waals surface area contributed by atoms with Crippen molar-refractivity contribution in [3.05, 3.63) is 46.0 Å². The number of hydrogen-bond donors (Lipinski definition) is 1. The summed E-state index contributed by atoms with van der Waals surface area (Å²) in [7, 11) is 0. The Bertz CT molecular complexity index is 522. The zero-order chi connectivity index (χ0) is 13.8. The van der Waals surface area contributed by atoms with E-state index in [2.05, 4.69) is 39.9 Å². The average Bonchev–Trinajstić information content (AvgIpc) is 2.81. The first-order chi connectivity index (χ1) is 9.10. The fraction of sp³-hybridized carbons (Fsp3) is 0.429. The lowest BCUT2D eigenvalue weighted by Crippen LogP contribution is -2.18. The summed E-state index contributed by atoms with van der Waals surface area (Å²) < 4.78 is 6.39. The summed E-state index contributed by atoms with van der Waals surface area (Å²) in [5.41, 5.74) is 6.91. The van der Waals surface area contributed by atoms with Gasteiger partial charge in [0.1, 0.15) is 0 Å². The van der Waals surface area contributed by atoms with Gasteiger partial charge in [-0.1, -0.05) is 47.1 Å². The number of nitrogens with zero attached hydrogens (tertiary/aromatic N) is 2. The number of benzene rings is 1. The van der Waals surface area contributed by atoms with Gasteiger partial charge in [-0.25, -0.2) is 0 Å². The van der Waals surface area contributed by atoms with Crippen molar-refractivity contribution in [3.63, 3.8) is 0 Å². The van der Waals surface area contributed by atoms with Gasteiger partial charge in [-0.3, -0.25) is 0 Å². The second-order valence-corrected chi connectivity index (χ2v) is 5.85. The molecule has 0 bridgehead atoms. The Kier molecular flexibility index (Phi) is 4.71. The van der Waals surface area contributed by atoms with Crippen LogP contribution in [0.25, 0.3) is 0 Å². The van der Waals surface area contributed by atoms with Crippen molar-refractivity contribution in [2.45, 2.75) is 26.2 Å². The van der Waals surface area contributed by atoms with Crippen LogP contribution in [0.2, 0.25) is 0 Å². The third-order valence-corrected chi connectivity index (χ3v) is 3.66. The SMILES string of the molecule is CC(C)C(CN)c1nc(Cc2ccc(Br)cc2)no1. The molecule has 0 radical (unpaired) electrons. The van der Waals surface area contributed by atoms with E-state index in [1.807, 2.05) is 24.3 Å². The molecule has 2 rings (SSSR count). The molecule has 1 unspecified atom stereocenters. The van der Waals surface area contributed by atoms with E-state index in [-0.39, 0.29) is 5.92 Å². The summed E-state index contributed by atoms with van der Waals surface area (Å²) in [5.74, 6) is 1.87. The summed E-state index contributed by atoms with van der Waals surface area (Å²) >= 11 is 3.42. The summed E-state index contributed by atoms with van der Waals surface area (Å²) in [5, 5.41) is 4.03.